The molecular weight excluding hydrogens is 484 g/mol. The van der Waals surface area contributed by atoms with Crippen LogP contribution in [-0.4, -0.2) is 39.4 Å². The van der Waals surface area contributed by atoms with Crippen molar-refractivity contribution in [2.24, 2.45) is 0 Å². The van der Waals surface area contributed by atoms with Gasteiger partial charge < -0.3 is 23.7 Å². The number of methoxy groups -OCH3 is 2. The first kappa shape index (κ1) is 26.3. The second-order valence-corrected chi connectivity index (χ2v) is 8.21. The van der Waals surface area contributed by atoms with Crippen molar-refractivity contribution < 1.29 is 33.3 Å². The first-order chi connectivity index (χ1) is 18.6. The number of esters is 2. The highest BCUT2D eigenvalue weighted by molar-refractivity contribution is 5.85. The molecule has 7 nitrogen and oxygen atoms in total. The molecule has 0 aliphatic heterocycles. The zero-order valence-electron chi connectivity index (χ0n) is 21.2. The van der Waals surface area contributed by atoms with Gasteiger partial charge in [-0.15, -0.1) is 0 Å². The fourth-order valence-electron chi connectivity index (χ4n) is 3.72. The molecular formula is C31H28O7. The van der Waals surface area contributed by atoms with Crippen LogP contribution in [0.3, 0.4) is 0 Å². The Balaban J connectivity index is 1.60. The van der Waals surface area contributed by atoms with Gasteiger partial charge >= 0.3 is 11.9 Å². The highest BCUT2D eigenvalue weighted by Gasteiger charge is 2.12. The summed E-state index contributed by atoms with van der Waals surface area (Å²) in [6, 6.07) is 30.7. The van der Waals surface area contributed by atoms with Gasteiger partial charge in [0.1, 0.15) is 23.0 Å². The summed E-state index contributed by atoms with van der Waals surface area (Å²) in [5, 5.41) is 0. The maximum atomic E-state index is 11.4. The van der Waals surface area contributed by atoms with Crippen molar-refractivity contribution in [3.8, 4) is 45.3 Å². The maximum Gasteiger partial charge on any atom is 0.343 e. The number of hydrogen-bond donors (Lipinski definition) is 0. The minimum Gasteiger partial charge on any atom is -0.493 e. The number of hydrogen-bond acceptors (Lipinski definition) is 7. The van der Waals surface area contributed by atoms with E-state index in [1.54, 1.807) is 0 Å². The van der Waals surface area contributed by atoms with Crippen LogP contribution in [0.15, 0.2) is 97.1 Å². The number of para-hydroxylation sites is 1. The second kappa shape index (κ2) is 13.0. The standard InChI is InChI=1S/C31H28O7/c1-34-30(32)18-19-36-24-12-8-22(9-13-24)28-17-16-27(38-26-6-4-3-5-7-26)20-29(28)23-10-14-25(15-11-23)37-21-31(33)35-2/h3-17,20H,18-19,21H2,1-2H3. The van der Waals surface area contributed by atoms with Crippen LogP contribution < -0.4 is 14.2 Å². The van der Waals surface area contributed by atoms with Crippen molar-refractivity contribution in [1.29, 1.82) is 0 Å². The van der Waals surface area contributed by atoms with Crippen LogP contribution in [0.5, 0.6) is 23.0 Å². The Morgan fingerprint density at radius 1 is 0.579 bits per heavy atom. The molecule has 0 amide bonds. The van der Waals surface area contributed by atoms with Crippen LogP contribution in [-0.2, 0) is 19.1 Å². The number of ether oxygens (including phenoxy) is 5. The summed E-state index contributed by atoms with van der Waals surface area (Å²) >= 11 is 0. The van der Waals surface area contributed by atoms with Crippen molar-refractivity contribution >= 4 is 11.9 Å². The van der Waals surface area contributed by atoms with Crippen LogP contribution in [0.1, 0.15) is 6.42 Å². The van der Waals surface area contributed by atoms with E-state index in [1.807, 2.05) is 97.1 Å². The Morgan fingerprint density at radius 3 is 1.79 bits per heavy atom. The van der Waals surface area contributed by atoms with Crippen LogP contribution in [0, 0.1) is 0 Å². The molecule has 38 heavy (non-hydrogen) atoms. The van der Waals surface area contributed by atoms with Crippen molar-refractivity contribution in [1.82, 2.24) is 0 Å². The number of carbonyl (C=O) groups excluding carboxylic acids is 2. The topological polar surface area (TPSA) is 80.3 Å². The lowest BCUT2D eigenvalue weighted by Crippen LogP contribution is -2.12. The Labute approximate surface area is 221 Å². The molecule has 4 aromatic rings. The molecule has 0 N–H and O–H groups in total. The molecule has 194 valence electrons. The van der Waals surface area contributed by atoms with Crippen LogP contribution in [0.25, 0.3) is 22.3 Å². The zero-order valence-corrected chi connectivity index (χ0v) is 21.2. The van der Waals surface area contributed by atoms with E-state index < -0.39 is 5.97 Å². The average Bonchev–Trinajstić information content (AvgIpc) is 2.97. The molecule has 7 heteroatoms. The molecule has 0 aromatic heterocycles. The van der Waals surface area contributed by atoms with Gasteiger partial charge in [0.2, 0.25) is 0 Å². The van der Waals surface area contributed by atoms with Crippen LogP contribution in [0.4, 0.5) is 0 Å². The third-order valence-corrected chi connectivity index (χ3v) is 5.69. The monoisotopic (exact) mass is 512 g/mol. The molecule has 0 aliphatic rings. The van der Waals surface area contributed by atoms with E-state index >= 15 is 0 Å². The minimum atomic E-state index is -0.445. The van der Waals surface area contributed by atoms with Gasteiger partial charge in [0.25, 0.3) is 0 Å². The third-order valence-electron chi connectivity index (χ3n) is 5.69. The first-order valence-electron chi connectivity index (χ1n) is 12.0. The van der Waals surface area contributed by atoms with E-state index in [9.17, 15) is 9.59 Å². The largest absolute Gasteiger partial charge is 0.493 e. The van der Waals surface area contributed by atoms with E-state index in [2.05, 4.69) is 9.47 Å². The van der Waals surface area contributed by atoms with Gasteiger partial charge in [0.15, 0.2) is 6.61 Å². The summed E-state index contributed by atoms with van der Waals surface area (Å²) in [6.07, 6.45) is 0.185. The summed E-state index contributed by atoms with van der Waals surface area (Å²) in [6.45, 7) is 0.0860. The van der Waals surface area contributed by atoms with E-state index in [0.29, 0.717) is 17.2 Å². The van der Waals surface area contributed by atoms with Gasteiger partial charge in [-0.2, -0.15) is 0 Å². The van der Waals surface area contributed by atoms with E-state index in [0.717, 1.165) is 28.0 Å². The van der Waals surface area contributed by atoms with Gasteiger partial charge in [0, 0.05) is 0 Å². The van der Waals surface area contributed by atoms with Crippen LogP contribution >= 0.6 is 0 Å². The molecule has 0 spiro atoms. The average molecular weight is 513 g/mol. The lowest BCUT2D eigenvalue weighted by atomic mass is 9.94. The Kier molecular flexibility index (Phi) is 8.97. The van der Waals surface area contributed by atoms with Crippen molar-refractivity contribution in [3.05, 3.63) is 97.1 Å². The molecule has 0 fully saturated rings. The molecule has 0 radical (unpaired) electrons. The number of rotatable bonds is 11. The second-order valence-electron chi connectivity index (χ2n) is 8.21. The van der Waals surface area contributed by atoms with Crippen LogP contribution in [0.2, 0.25) is 0 Å². The molecule has 4 rings (SSSR count). The predicted octanol–water partition coefficient (Wildman–Crippen LogP) is 6.31. The molecule has 4 aromatic carbocycles. The number of carbonyl (C=O) groups is 2. The van der Waals surface area contributed by atoms with Gasteiger partial charge in [-0.3, -0.25) is 4.79 Å². The normalized spacial score (nSPS) is 10.4. The smallest absolute Gasteiger partial charge is 0.343 e. The summed E-state index contributed by atoms with van der Waals surface area (Å²) in [5.74, 6) is 1.90. The highest BCUT2D eigenvalue weighted by atomic mass is 16.6. The zero-order chi connectivity index (χ0) is 26.7. The minimum absolute atomic E-state index is 0.157. The third kappa shape index (κ3) is 7.13. The van der Waals surface area contributed by atoms with E-state index in [1.165, 1.54) is 14.2 Å². The fourth-order valence-corrected chi connectivity index (χ4v) is 3.72. The SMILES string of the molecule is COC(=O)CCOc1ccc(-c2ccc(Oc3ccccc3)cc2-c2ccc(OCC(=O)OC)cc2)cc1. The van der Waals surface area contributed by atoms with Gasteiger partial charge in [-0.05, 0) is 70.8 Å². The Morgan fingerprint density at radius 2 is 1.16 bits per heavy atom. The first-order valence-corrected chi connectivity index (χ1v) is 12.0. The predicted molar refractivity (Wildman–Crippen MR) is 143 cm³/mol. The fraction of sp³-hybridized carbons (Fsp3) is 0.161. The summed E-state index contributed by atoms with van der Waals surface area (Å²) in [7, 11) is 2.68. The highest BCUT2D eigenvalue weighted by Crippen LogP contribution is 2.37. The number of benzene rings is 4. The van der Waals surface area contributed by atoms with Gasteiger partial charge in [-0.1, -0.05) is 48.5 Å². The molecule has 0 atom stereocenters. The Hall–Kier alpha value is -4.78. The summed E-state index contributed by atoms with van der Waals surface area (Å²) < 4.78 is 26.5. The molecule has 0 aliphatic carbocycles. The Bertz CT molecular complexity index is 1350. The molecule has 0 bridgehead atoms. The molecule has 0 saturated carbocycles. The summed E-state index contributed by atoms with van der Waals surface area (Å²) in [4.78, 5) is 22.7. The quantitative estimate of drug-likeness (QED) is 0.218. The van der Waals surface area contributed by atoms with E-state index in [4.69, 9.17) is 14.2 Å². The van der Waals surface area contributed by atoms with Crippen molar-refractivity contribution in [2.45, 2.75) is 6.42 Å². The lowest BCUT2D eigenvalue weighted by molar-refractivity contribution is -0.143. The maximum absolute atomic E-state index is 11.4. The molecule has 0 heterocycles. The molecule has 0 unspecified atom stereocenters. The van der Waals surface area contributed by atoms with E-state index in [-0.39, 0.29) is 25.6 Å². The van der Waals surface area contributed by atoms with Crippen molar-refractivity contribution in [3.63, 3.8) is 0 Å². The molecule has 0 saturated heterocycles. The summed E-state index contributed by atoms with van der Waals surface area (Å²) in [5.41, 5.74) is 3.88. The lowest BCUT2D eigenvalue weighted by Gasteiger charge is -2.15. The van der Waals surface area contributed by atoms with Crippen molar-refractivity contribution in [2.75, 3.05) is 27.4 Å². The van der Waals surface area contributed by atoms with Gasteiger partial charge in [0.05, 0.1) is 27.2 Å². The van der Waals surface area contributed by atoms with Gasteiger partial charge in [-0.25, -0.2) is 4.79 Å².